The summed E-state index contributed by atoms with van der Waals surface area (Å²) in [5, 5.41) is 0.481. The summed E-state index contributed by atoms with van der Waals surface area (Å²) in [6.07, 6.45) is 0. The van der Waals surface area contributed by atoms with Crippen molar-refractivity contribution in [3.8, 4) is 0 Å². The minimum atomic E-state index is -0.248. The van der Waals surface area contributed by atoms with Gasteiger partial charge in [-0.2, -0.15) is 0 Å². The quantitative estimate of drug-likeness (QED) is 0.802. The van der Waals surface area contributed by atoms with Crippen LogP contribution in [0.5, 0.6) is 0 Å². The van der Waals surface area contributed by atoms with Crippen molar-refractivity contribution in [2.75, 3.05) is 7.05 Å². The minimum Gasteiger partial charge on any atom is -0.298 e. The molecule has 0 N–H and O–H groups in total. The summed E-state index contributed by atoms with van der Waals surface area (Å²) in [6, 6.07) is 14.9. The molecule has 94 valence electrons. The van der Waals surface area contributed by atoms with Gasteiger partial charge in [0.25, 0.3) is 0 Å². The lowest BCUT2D eigenvalue weighted by Crippen LogP contribution is -2.18. The molecule has 0 aliphatic heterocycles. The van der Waals surface area contributed by atoms with Crippen LogP contribution < -0.4 is 0 Å². The molecule has 0 fully saturated rings. The second kappa shape index (κ2) is 5.98. The normalized spacial score (nSPS) is 10.9. The third-order valence-corrected chi connectivity index (χ3v) is 3.14. The van der Waals surface area contributed by atoms with Gasteiger partial charge in [-0.25, -0.2) is 4.39 Å². The van der Waals surface area contributed by atoms with E-state index in [0.29, 0.717) is 17.1 Å². The Balaban J connectivity index is 2.06. The zero-order valence-electron chi connectivity index (χ0n) is 10.2. The lowest BCUT2D eigenvalue weighted by atomic mass is 10.1. The highest BCUT2D eigenvalue weighted by molar-refractivity contribution is 6.31. The minimum absolute atomic E-state index is 0.248. The van der Waals surface area contributed by atoms with Gasteiger partial charge in [-0.15, -0.1) is 0 Å². The predicted octanol–water partition coefficient (Wildman–Crippen LogP) is 4.11. The van der Waals surface area contributed by atoms with Crippen LogP contribution in [-0.4, -0.2) is 11.9 Å². The van der Waals surface area contributed by atoms with Gasteiger partial charge in [0.1, 0.15) is 5.82 Å². The molecule has 2 rings (SSSR count). The maximum atomic E-state index is 13.6. The van der Waals surface area contributed by atoms with Crippen molar-refractivity contribution in [1.29, 1.82) is 0 Å². The van der Waals surface area contributed by atoms with Crippen molar-refractivity contribution in [1.82, 2.24) is 4.90 Å². The molecule has 0 radical (unpaired) electrons. The summed E-state index contributed by atoms with van der Waals surface area (Å²) in [4.78, 5) is 2.04. The summed E-state index contributed by atoms with van der Waals surface area (Å²) in [6.45, 7) is 1.27. The molecule has 0 unspecified atom stereocenters. The molecule has 0 aliphatic carbocycles. The van der Waals surface area contributed by atoms with Gasteiger partial charge in [0.05, 0.1) is 0 Å². The first-order valence-corrected chi connectivity index (χ1v) is 6.20. The molecule has 18 heavy (non-hydrogen) atoms. The van der Waals surface area contributed by atoms with E-state index in [0.717, 1.165) is 6.54 Å². The lowest BCUT2D eigenvalue weighted by Gasteiger charge is -2.18. The molecule has 0 bridgehead atoms. The first kappa shape index (κ1) is 13.1. The van der Waals surface area contributed by atoms with E-state index in [-0.39, 0.29) is 5.82 Å². The lowest BCUT2D eigenvalue weighted by molar-refractivity contribution is 0.313. The maximum Gasteiger partial charge on any atom is 0.129 e. The molecule has 3 heteroatoms. The summed E-state index contributed by atoms with van der Waals surface area (Å²) >= 11 is 6.01. The zero-order chi connectivity index (χ0) is 13.0. The number of hydrogen-bond acceptors (Lipinski definition) is 1. The Morgan fingerprint density at radius 2 is 1.72 bits per heavy atom. The van der Waals surface area contributed by atoms with Crippen LogP contribution in [0.2, 0.25) is 5.02 Å². The SMILES string of the molecule is CN(Cc1ccccc1)Cc1c(F)cccc1Cl. The van der Waals surface area contributed by atoms with Gasteiger partial charge in [-0.05, 0) is 24.7 Å². The average Bonchev–Trinajstić information content (AvgIpc) is 2.35. The number of benzene rings is 2. The van der Waals surface area contributed by atoms with E-state index in [9.17, 15) is 4.39 Å². The van der Waals surface area contributed by atoms with E-state index in [1.807, 2.05) is 30.1 Å². The smallest absolute Gasteiger partial charge is 0.129 e. The van der Waals surface area contributed by atoms with Gasteiger partial charge in [0.15, 0.2) is 0 Å². The van der Waals surface area contributed by atoms with Gasteiger partial charge in [0.2, 0.25) is 0 Å². The van der Waals surface area contributed by atoms with Crippen molar-refractivity contribution in [2.24, 2.45) is 0 Å². The number of rotatable bonds is 4. The van der Waals surface area contributed by atoms with Crippen LogP contribution in [0.4, 0.5) is 4.39 Å². The van der Waals surface area contributed by atoms with Crippen LogP contribution in [-0.2, 0) is 13.1 Å². The third kappa shape index (κ3) is 3.31. The van der Waals surface area contributed by atoms with Crippen LogP contribution in [0.3, 0.4) is 0 Å². The summed E-state index contributed by atoms with van der Waals surface area (Å²) < 4.78 is 13.6. The topological polar surface area (TPSA) is 3.24 Å². The Labute approximate surface area is 112 Å². The molecule has 0 amide bonds. The standard InChI is InChI=1S/C15H15ClFN/c1-18(10-12-6-3-2-4-7-12)11-13-14(16)8-5-9-15(13)17/h2-9H,10-11H2,1H3. The van der Waals surface area contributed by atoms with Gasteiger partial charge in [0, 0.05) is 23.7 Å². The van der Waals surface area contributed by atoms with Gasteiger partial charge < -0.3 is 0 Å². The molecule has 0 aromatic heterocycles. The van der Waals surface area contributed by atoms with Gasteiger partial charge >= 0.3 is 0 Å². The Morgan fingerprint density at radius 3 is 2.39 bits per heavy atom. The van der Waals surface area contributed by atoms with Crippen molar-refractivity contribution in [3.63, 3.8) is 0 Å². The monoisotopic (exact) mass is 263 g/mol. The number of halogens is 2. The molecule has 2 aromatic rings. The van der Waals surface area contributed by atoms with Crippen molar-refractivity contribution in [2.45, 2.75) is 13.1 Å². The van der Waals surface area contributed by atoms with Crippen LogP contribution in [0.15, 0.2) is 48.5 Å². The molecule has 1 nitrogen and oxygen atoms in total. The molecular formula is C15H15ClFN. The molecule has 0 spiro atoms. The Kier molecular flexibility index (Phi) is 4.34. The first-order chi connectivity index (χ1) is 8.66. The van der Waals surface area contributed by atoms with Crippen molar-refractivity contribution in [3.05, 3.63) is 70.5 Å². The van der Waals surface area contributed by atoms with Crippen LogP contribution in [0.1, 0.15) is 11.1 Å². The molecule has 2 aromatic carbocycles. The Morgan fingerprint density at radius 1 is 1.00 bits per heavy atom. The summed E-state index contributed by atoms with van der Waals surface area (Å²) in [5.41, 5.74) is 1.75. The van der Waals surface area contributed by atoms with Crippen LogP contribution in [0.25, 0.3) is 0 Å². The maximum absolute atomic E-state index is 13.6. The molecule has 0 heterocycles. The predicted molar refractivity (Wildman–Crippen MR) is 73.0 cm³/mol. The molecule has 0 aliphatic rings. The van der Waals surface area contributed by atoms with E-state index in [2.05, 4.69) is 12.1 Å². The summed E-state index contributed by atoms with van der Waals surface area (Å²) in [5.74, 6) is -0.248. The molecule has 0 atom stereocenters. The largest absolute Gasteiger partial charge is 0.298 e. The van der Waals surface area contributed by atoms with E-state index in [4.69, 9.17) is 11.6 Å². The van der Waals surface area contributed by atoms with Crippen LogP contribution in [0, 0.1) is 5.82 Å². The average molecular weight is 264 g/mol. The second-order valence-corrected chi connectivity index (χ2v) is 4.77. The van der Waals surface area contributed by atoms with Gasteiger partial charge in [-0.1, -0.05) is 48.0 Å². The summed E-state index contributed by atoms with van der Waals surface area (Å²) in [7, 11) is 1.95. The molecule has 0 saturated heterocycles. The van der Waals surface area contributed by atoms with E-state index < -0.39 is 0 Å². The van der Waals surface area contributed by atoms with E-state index in [1.54, 1.807) is 12.1 Å². The zero-order valence-corrected chi connectivity index (χ0v) is 11.0. The van der Waals surface area contributed by atoms with Crippen LogP contribution >= 0.6 is 11.6 Å². The Bertz CT molecular complexity index is 493. The van der Waals surface area contributed by atoms with E-state index in [1.165, 1.54) is 11.6 Å². The Hall–Kier alpha value is -1.38. The highest BCUT2D eigenvalue weighted by atomic mass is 35.5. The van der Waals surface area contributed by atoms with Crippen molar-refractivity contribution < 1.29 is 4.39 Å². The van der Waals surface area contributed by atoms with Gasteiger partial charge in [-0.3, -0.25) is 4.90 Å². The first-order valence-electron chi connectivity index (χ1n) is 5.82. The molecular weight excluding hydrogens is 249 g/mol. The van der Waals surface area contributed by atoms with Crippen molar-refractivity contribution >= 4 is 11.6 Å². The fraction of sp³-hybridized carbons (Fsp3) is 0.200. The highest BCUT2D eigenvalue weighted by Gasteiger charge is 2.09. The van der Waals surface area contributed by atoms with E-state index >= 15 is 0 Å². The third-order valence-electron chi connectivity index (χ3n) is 2.79. The highest BCUT2D eigenvalue weighted by Crippen LogP contribution is 2.20. The second-order valence-electron chi connectivity index (χ2n) is 4.36. The number of nitrogens with zero attached hydrogens (tertiary/aromatic N) is 1. The number of hydrogen-bond donors (Lipinski definition) is 0. The fourth-order valence-corrected chi connectivity index (χ4v) is 2.13. The fourth-order valence-electron chi connectivity index (χ4n) is 1.90. The molecule has 0 saturated carbocycles.